The van der Waals surface area contributed by atoms with E-state index in [0.717, 1.165) is 18.2 Å². The first-order valence-corrected chi connectivity index (χ1v) is 15.6. The van der Waals surface area contributed by atoms with Crippen LogP contribution in [0.3, 0.4) is 0 Å². The van der Waals surface area contributed by atoms with Crippen LogP contribution in [-0.4, -0.2) is 35.2 Å². The van der Waals surface area contributed by atoms with E-state index in [0.29, 0.717) is 16.7 Å². The zero-order valence-electron chi connectivity index (χ0n) is 27.4. The average Bonchev–Trinajstić information content (AvgIpc) is 3.09. The van der Waals surface area contributed by atoms with Crippen molar-refractivity contribution in [3.05, 3.63) is 153 Å². The zero-order valence-corrected chi connectivity index (χ0v) is 27.4. The van der Waals surface area contributed by atoms with Gasteiger partial charge in [-0.3, -0.25) is 20.2 Å². The molecule has 4 aromatic rings. The standard InChI is InChI=1S/C37H32F5N2O8/c1-35(23-27-5-12-30(13-6-27)43(46)47,24-28-7-14-31(15-8-28)44(48)49)25-51-34(45)20-9-26-3-10-29(11-4-26)37(41,42)52-33-18-16-32(17-19-33)50-22-2-21-36(38,39)40/h3-20H,1-2,21-25H2/b20-9+. The normalized spacial score (nSPS) is 12.0. The fourth-order valence-corrected chi connectivity index (χ4v) is 5.00. The van der Waals surface area contributed by atoms with Gasteiger partial charge in [-0.25, -0.2) is 4.79 Å². The van der Waals surface area contributed by atoms with Crippen molar-refractivity contribution < 1.29 is 50.8 Å². The Morgan fingerprint density at radius 1 is 0.731 bits per heavy atom. The number of hydrogen-bond acceptors (Lipinski definition) is 8. The van der Waals surface area contributed by atoms with Gasteiger partial charge in [-0.1, -0.05) is 36.4 Å². The SMILES string of the molecule is [CH2]C(COC(=O)/C=C/c1ccc(C(F)(F)Oc2ccc(OCCCC(F)(F)F)cc2)cc1)(Cc1ccc([N+](=O)[O-])cc1)Cc1ccc([N+](=O)[O-])cc1. The van der Waals surface area contributed by atoms with Gasteiger partial charge >= 0.3 is 18.3 Å². The molecule has 0 aliphatic heterocycles. The molecule has 0 atom stereocenters. The Balaban J connectivity index is 1.35. The van der Waals surface area contributed by atoms with Gasteiger partial charge < -0.3 is 14.2 Å². The topological polar surface area (TPSA) is 131 Å². The van der Waals surface area contributed by atoms with Gasteiger partial charge in [-0.2, -0.15) is 22.0 Å². The third-order valence-electron chi connectivity index (χ3n) is 7.57. The first-order chi connectivity index (χ1) is 24.5. The molecule has 4 rings (SSSR count). The quantitative estimate of drug-likeness (QED) is 0.0263. The predicted molar refractivity (Wildman–Crippen MR) is 180 cm³/mol. The lowest BCUT2D eigenvalue weighted by Crippen LogP contribution is -2.30. The first kappa shape index (κ1) is 38.9. The highest BCUT2D eigenvalue weighted by Gasteiger charge is 2.34. The molecule has 4 aromatic carbocycles. The number of ether oxygens (including phenoxy) is 3. The summed E-state index contributed by atoms with van der Waals surface area (Å²) in [7, 11) is 0. The summed E-state index contributed by atoms with van der Waals surface area (Å²) in [4.78, 5) is 33.8. The number of benzene rings is 4. The van der Waals surface area contributed by atoms with E-state index in [1.54, 1.807) is 24.3 Å². The number of non-ortho nitro benzene ring substituents is 2. The summed E-state index contributed by atoms with van der Waals surface area (Å²) in [5, 5.41) is 22.1. The van der Waals surface area contributed by atoms with E-state index >= 15 is 0 Å². The van der Waals surface area contributed by atoms with E-state index in [1.807, 2.05) is 0 Å². The number of nitrogens with zero attached hydrogens (tertiary/aromatic N) is 2. The molecule has 0 N–H and O–H groups in total. The van der Waals surface area contributed by atoms with E-state index in [4.69, 9.17) is 14.2 Å². The molecule has 0 fully saturated rings. The Labute approximate surface area is 294 Å². The van der Waals surface area contributed by atoms with Crippen molar-refractivity contribution in [3.8, 4) is 11.5 Å². The lowest BCUT2D eigenvalue weighted by molar-refractivity contribution is -0.385. The molecule has 0 heterocycles. The second-order valence-corrected chi connectivity index (χ2v) is 11.9. The van der Waals surface area contributed by atoms with Crippen LogP contribution in [-0.2, 0) is 28.5 Å². The molecule has 10 nitrogen and oxygen atoms in total. The molecular weight excluding hydrogens is 695 g/mol. The van der Waals surface area contributed by atoms with Gasteiger partial charge in [0.25, 0.3) is 11.4 Å². The minimum atomic E-state index is -4.30. The van der Waals surface area contributed by atoms with Crippen molar-refractivity contribution in [2.45, 2.75) is 38.0 Å². The molecule has 1 radical (unpaired) electrons. The number of nitro groups is 2. The molecule has 0 unspecified atom stereocenters. The van der Waals surface area contributed by atoms with Gasteiger partial charge in [0.2, 0.25) is 0 Å². The van der Waals surface area contributed by atoms with Crippen LogP contribution in [0.15, 0.2) is 103 Å². The Bertz CT molecular complexity index is 1790. The Morgan fingerprint density at radius 2 is 1.23 bits per heavy atom. The van der Waals surface area contributed by atoms with Crippen LogP contribution in [0.2, 0.25) is 0 Å². The van der Waals surface area contributed by atoms with Crippen LogP contribution in [0.25, 0.3) is 6.08 Å². The van der Waals surface area contributed by atoms with Crippen LogP contribution in [0.1, 0.15) is 35.1 Å². The Kier molecular flexibility index (Phi) is 12.7. The molecule has 52 heavy (non-hydrogen) atoms. The monoisotopic (exact) mass is 727 g/mol. The summed E-state index contributed by atoms with van der Waals surface area (Å²) in [5.41, 5.74) is 0.0817. The number of alkyl halides is 5. The molecule has 0 saturated heterocycles. The highest BCUT2D eigenvalue weighted by atomic mass is 19.4. The molecule has 15 heteroatoms. The average molecular weight is 728 g/mol. The van der Waals surface area contributed by atoms with Crippen molar-refractivity contribution in [3.63, 3.8) is 0 Å². The molecule has 0 aromatic heterocycles. The maximum Gasteiger partial charge on any atom is 0.426 e. The molecule has 0 amide bonds. The lowest BCUT2D eigenvalue weighted by atomic mass is 9.79. The molecule has 0 saturated carbocycles. The second kappa shape index (κ2) is 16.9. The summed E-state index contributed by atoms with van der Waals surface area (Å²) in [6, 6.07) is 21.5. The third kappa shape index (κ3) is 12.2. The van der Waals surface area contributed by atoms with Crippen molar-refractivity contribution in [2.24, 2.45) is 5.41 Å². The summed E-state index contributed by atoms with van der Waals surface area (Å²) < 4.78 is 82.0. The number of hydrogen-bond donors (Lipinski definition) is 0. The van der Waals surface area contributed by atoms with Crippen molar-refractivity contribution in [2.75, 3.05) is 13.2 Å². The summed E-state index contributed by atoms with van der Waals surface area (Å²) in [6.45, 7) is 3.87. The molecule has 0 bridgehead atoms. The maximum atomic E-state index is 14.9. The van der Waals surface area contributed by atoms with E-state index in [2.05, 4.69) is 6.92 Å². The molecule has 273 valence electrons. The third-order valence-corrected chi connectivity index (χ3v) is 7.57. The van der Waals surface area contributed by atoms with E-state index < -0.39 is 45.5 Å². The van der Waals surface area contributed by atoms with Crippen molar-refractivity contribution in [1.29, 1.82) is 0 Å². The predicted octanol–water partition coefficient (Wildman–Crippen LogP) is 9.21. The molecule has 0 aliphatic carbocycles. The second-order valence-electron chi connectivity index (χ2n) is 11.9. The fourth-order valence-electron chi connectivity index (χ4n) is 5.00. The molecular formula is C37H32F5N2O8. The minimum Gasteiger partial charge on any atom is -0.494 e. The van der Waals surface area contributed by atoms with E-state index in [-0.39, 0.29) is 55.4 Å². The number of carbonyl (C=O) groups is 1. The van der Waals surface area contributed by atoms with Gasteiger partial charge in [-0.15, -0.1) is 0 Å². The summed E-state index contributed by atoms with van der Waals surface area (Å²) in [6.07, 6.45) is -6.36. The smallest absolute Gasteiger partial charge is 0.426 e. The maximum absolute atomic E-state index is 14.9. The van der Waals surface area contributed by atoms with E-state index in [1.165, 1.54) is 66.7 Å². The molecule has 0 spiro atoms. The van der Waals surface area contributed by atoms with E-state index in [9.17, 15) is 47.0 Å². The highest BCUT2D eigenvalue weighted by molar-refractivity contribution is 5.87. The summed E-state index contributed by atoms with van der Waals surface area (Å²) in [5.74, 6) is -0.767. The fraction of sp³-hybridized carbons (Fsp3) is 0.243. The van der Waals surface area contributed by atoms with Gasteiger partial charge in [0.15, 0.2) is 0 Å². The summed E-state index contributed by atoms with van der Waals surface area (Å²) >= 11 is 0. The van der Waals surface area contributed by atoms with Crippen LogP contribution >= 0.6 is 0 Å². The van der Waals surface area contributed by atoms with Crippen LogP contribution in [0.4, 0.5) is 33.3 Å². The van der Waals surface area contributed by atoms with Gasteiger partial charge in [0.1, 0.15) is 11.5 Å². The van der Waals surface area contributed by atoms with Crippen LogP contribution in [0.5, 0.6) is 11.5 Å². The number of halogens is 5. The van der Waals surface area contributed by atoms with Crippen molar-refractivity contribution in [1.82, 2.24) is 0 Å². The van der Waals surface area contributed by atoms with Gasteiger partial charge in [0, 0.05) is 42.2 Å². The van der Waals surface area contributed by atoms with Crippen LogP contribution < -0.4 is 9.47 Å². The largest absolute Gasteiger partial charge is 0.494 e. The highest BCUT2D eigenvalue weighted by Crippen LogP contribution is 2.33. The number of nitro benzene ring substituents is 2. The van der Waals surface area contributed by atoms with Gasteiger partial charge in [0.05, 0.1) is 28.6 Å². The zero-order chi connectivity index (χ0) is 37.9. The number of esters is 1. The molecule has 0 aliphatic rings. The number of carbonyl (C=O) groups excluding carboxylic acids is 1. The van der Waals surface area contributed by atoms with Crippen LogP contribution in [0, 0.1) is 32.6 Å². The Morgan fingerprint density at radius 3 is 1.71 bits per heavy atom. The lowest BCUT2D eigenvalue weighted by Gasteiger charge is -2.29. The number of rotatable bonds is 17. The van der Waals surface area contributed by atoms with Crippen molar-refractivity contribution >= 4 is 23.4 Å². The Hall–Kier alpha value is -5.86. The van der Waals surface area contributed by atoms with Gasteiger partial charge in [-0.05, 0) is 85.4 Å². The minimum absolute atomic E-state index is 0.101. The first-order valence-electron chi connectivity index (χ1n) is 15.6.